The van der Waals surface area contributed by atoms with Crippen LogP contribution in [-0.4, -0.2) is 30.9 Å². The van der Waals surface area contributed by atoms with E-state index >= 15 is 0 Å². The van der Waals surface area contributed by atoms with Crippen molar-refractivity contribution < 1.29 is 14.3 Å². The highest BCUT2D eigenvalue weighted by Gasteiger charge is 2.43. The van der Waals surface area contributed by atoms with Crippen LogP contribution < -0.4 is 9.47 Å². The zero-order valence-electron chi connectivity index (χ0n) is 19.5. The fourth-order valence-corrected chi connectivity index (χ4v) is 5.28. The molecule has 0 bridgehead atoms. The summed E-state index contributed by atoms with van der Waals surface area (Å²) in [6.45, 7) is 0. The van der Waals surface area contributed by atoms with E-state index in [1.165, 1.54) is 11.3 Å². The summed E-state index contributed by atoms with van der Waals surface area (Å²) in [4.78, 5) is 21.6. The van der Waals surface area contributed by atoms with Crippen LogP contribution >= 0.6 is 34.5 Å². The lowest BCUT2D eigenvalue weighted by Crippen LogP contribution is -2.37. The predicted octanol–water partition coefficient (Wildman–Crippen LogP) is 7.46. The topological polar surface area (TPSA) is 51.1 Å². The van der Waals surface area contributed by atoms with Gasteiger partial charge in [-0.05, 0) is 59.0 Å². The second kappa shape index (κ2) is 10.3. The van der Waals surface area contributed by atoms with Crippen molar-refractivity contribution in [2.75, 3.05) is 14.2 Å². The van der Waals surface area contributed by atoms with Gasteiger partial charge in [0.25, 0.3) is 5.91 Å². The van der Waals surface area contributed by atoms with Crippen molar-refractivity contribution in [1.29, 1.82) is 0 Å². The normalized spacial score (nSPS) is 17.1. The molecule has 182 valence electrons. The van der Waals surface area contributed by atoms with Crippen LogP contribution in [0.2, 0.25) is 10.0 Å². The SMILES string of the molecule is COc1ccc(C2=N[C@H](c3ccc(Cl)cc3)[C@H](c3ccc(Cl)cc3)N2C(=O)c2cccs2)c(OC)c1. The zero-order chi connectivity index (χ0) is 25.2. The monoisotopic (exact) mass is 536 g/mol. The summed E-state index contributed by atoms with van der Waals surface area (Å²) in [5.74, 6) is 1.59. The maximum Gasteiger partial charge on any atom is 0.270 e. The average molecular weight is 537 g/mol. The van der Waals surface area contributed by atoms with Crippen molar-refractivity contribution in [3.05, 3.63) is 116 Å². The lowest BCUT2D eigenvalue weighted by Gasteiger charge is -2.29. The first kappa shape index (κ1) is 24.4. The van der Waals surface area contributed by atoms with Crippen LogP contribution in [0.25, 0.3) is 0 Å². The van der Waals surface area contributed by atoms with Crippen molar-refractivity contribution in [2.24, 2.45) is 4.99 Å². The van der Waals surface area contributed by atoms with E-state index in [0.29, 0.717) is 37.8 Å². The Hall–Kier alpha value is -3.32. The second-order valence-electron chi connectivity index (χ2n) is 8.16. The molecule has 5 rings (SSSR count). The molecular weight excluding hydrogens is 515 g/mol. The maximum absolute atomic E-state index is 14.0. The van der Waals surface area contributed by atoms with Gasteiger partial charge in [0.05, 0.1) is 30.7 Å². The van der Waals surface area contributed by atoms with Gasteiger partial charge >= 0.3 is 0 Å². The number of nitrogens with zero attached hydrogens (tertiary/aromatic N) is 2. The average Bonchev–Trinajstić information content (AvgIpc) is 3.58. The first-order chi connectivity index (χ1) is 17.5. The fourth-order valence-electron chi connectivity index (χ4n) is 4.37. The number of hydrogen-bond donors (Lipinski definition) is 0. The van der Waals surface area contributed by atoms with E-state index in [1.807, 2.05) is 78.2 Å². The third kappa shape index (κ3) is 4.60. The van der Waals surface area contributed by atoms with Crippen LogP contribution in [0.3, 0.4) is 0 Å². The van der Waals surface area contributed by atoms with E-state index in [9.17, 15) is 4.79 Å². The van der Waals surface area contributed by atoms with Gasteiger partial charge in [-0.25, -0.2) is 0 Å². The minimum absolute atomic E-state index is 0.141. The second-order valence-corrected chi connectivity index (χ2v) is 9.98. The number of thiophene rings is 1. The highest BCUT2D eigenvalue weighted by atomic mass is 35.5. The molecule has 4 aromatic rings. The van der Waals surface area contributed by atoms with Gasteiger partial charge in [0.2, 0.25) is 0 Å². The molecule has 0 saturated heterocycles. The molecule has 0 fully saturated rings. The van der Waals surface area contributed by atoms with E-state index in [2.05, 4.69) is 0 Å². The maximum atomic E-state index is 14.0. The number of methoxy groups -OCH3 is 2. The number of aliphatic imine (C=N–C) groups is 1. The molecule has 0 spiro atoms. The molecule has 1 aromatic heterocycles. The molecule has 36 heavy (non-hydrogen) atoms. The molecule has 0 saturated carbocycles. The molecule has 1 amide bonds. The molecule has 0 aliphatic carbocycles. The summed E-state index contributed by atoms with van der Waals surface area (Å²) in [6, 6.07) is 23.5. The van der Waals surface area contributed by atoms with Crippen LogP contribution in [0.5, 0.6) is 11.5 Å². The van der Waals surface area contributed by atoms with Crippen LogP contribution in [0, 0.1) is 0 Å². The summed E-state index contributed by atoms with van der Waals surface area (Å²) < 4.78 is 11.1. The number of amides is 1. The van der Waals surface area contributed by atoms with E-state index in [1.54, 1.807) is 25.2 Å². The molecule has 0 N–H and O–H groups in total. The van der Waals surface area contributed by atoms with Crippen LogP contribution in [0.1, 0.15) is 38.4 Å². The summed E-state index contributed by atoms with van der Waals surface area (Å²) in [6.07, 6.45) is 0. The summed E-state index contributed by atoms with van der Waals surface area (Å²) in [7, 11) is 3.19. The Kier molecular flexibility index (Phi) is 7.01. The molecule has 2 atom stereocenters. The van der Waals surface area contributed by atoms with Gasteiger partial charge in [-0.2, -0.15) is 0 Å². The highest BCUT2D eigenvalue weighted by Crippen LogP contribution is 2.46. The summed E-state index contributed by atoms with van der Waals surface area (Å²) in [5.41, 5.74) is 2.54. The minimum Gasteiger partial charge on any atom is -0.497 e. The molecule has 8 heteroatoms. The Labute approximate surface area is 223 Å². The van der Waals surface area contributed by atoms with Gasteiger partial charge in [-0.3, -0.25) is 14.7 Å². The lowest BCUT2D eigenvalue weighted by molar-refractivity contribution is 0.0809. The minimum atomic E-state index is -0.417. The summed E-state index contributed by atoms with van der Waals surface area (Å²) >= 11 is 13.8. The highest BCUT2D eigenvalue weighted by molar-refractivity contribution is 7.12. The Morgan fingerprint density at radius 1 is 0.889 bits per heavy atom. The largest absolute Gasteiger partial charge is 0.497 e. The van der Waals surface area contributed by atoms with Crippen molar-refractivity contribution >= 4 is 46.3 Å². The number of ether oxygens (including phenoxy) is 2. The van der Waals surface area contributed by atoms with Gasteiger partial charge in [-0.1, -0.05) is 53.5 Å². The lowest BCUT2D eigenvalue weighted by atomic mass is 9.93. The van der Waals surface area contributed by atoms with E-state index in [4.69, 9.17) is 37.7 Å². The van der Waals surface area contributed by atoms with Crippen LogP contribution in [0.15, 0.2) is 89.2 Å². The first-order valence-corrected chi connectivity index (χ1v) is 12.8. The number of carbonyl (C=O) groups is 1. The number of halogens is 2. The van der Waals surface area contributed by atoms with Gasteiger partial charge in [-0.15, -0.1) is 11.3 Å². The zero-order valence-corrected chi connectivity index (χ0v) is 21.8. The van der Waals surface area contributed by atoms with Crippen molar-refractivity contribution in [2.45, 2.75) is 12.1 Å². The molecule has 5 nitrogen and oxygen atoms in total. The third-order valence-corrected chi connectivity index (χ3v) is 7.45. The molecular formula is C28H22Cl2N2O3S. The predicted molar refractivity (Wildman–Crippen MR) is 145 cm³/mol. The number of amidine groups is 1. The molecule has 1 aliphatic rings. The van der Waals surface area contributed by atoms with Crippen molar-refractivity contribution in [1.82, 2.24) is 4.90 Å². The molecule has 3 aromatic carbocycles. The van der Waals surface area contributed by atoms with Gasteiger partial charge < -0.3 is 9.47 Å². The van der Waals surface area contributed by atoms with Gasteiger partial charge in [0.1, 0.15) is 23.4 Å². The number of carbonyl (C=O) groups excluding carboxylic acids is 1. The van der Waals surface area contributed by atoms with Gasteiger partial charge in [0.15, 0.2) is 0 Å². The Morgan fingerprint density at radius 3 is 2.14 bits per heavy atom. The molecule has 0 unspecified atom stereocenters. The van der Waals surface area contributed by atoms with Gasteiger partial charge in [0, 0.05) is 16.1 Å². The van der Waals surface area contributed by atoms with Crippen LogP contribution in [-0.2, 0) is 0 Å². The van der Waals surface area contributed by atoms with E-state index < -0.39 is 6.04 Å². The van der Waals surface area contributed by atoms with Crippen molar-refractivity contribution in [3.8, 4) is 11.5 Å². The Morgan fingerprint density at radius 2 is 1.56 bits per heavy atom. The van der Waals surface area contributed by atoms with E-state index in [0.717, 1.165) is 11.1 Å². The Balaban J connectivity index is 1.73. The Bertz CT molecular complexity index is 1400. The number of benzene rings is 3. The standard InChI is InChI=1S/C28H22Cl2N2O3S/c1-34-21-13-14-22(23(16-21)35-2)27-31-25(17-5-9-19(29)10-6-17)26(18-7-11-20(30)12-8-18)32(27)28(33)24-4-3-15-36-24/h3-16,25-26H,1-2H3/t25-,26+/m1/s1. The third-order valence-electron chi connectivity index (χ3n) is 6.09. The van der Waals surface area contributed by atoms with Crippen LogP contribution in [0.4, 0.5) is 0 Å². The molecule has 1 aliphatic heterocycles. The molecule has 0 radical (unpaired) electrons. The quantitative estimate of drug-likeness (QED) is 0.257. The van der Waals surface area contributed by atoms with E-state index in [-0.39, 0.29) is 11.9 Å². The smallest absolute Gasteiger partial charge is 0.270 e. The first-order valence-electron chi connectivity index (χ1n) is 11.2. The number of rotatable bonds is 6. The number of hydrogen-bond acceptors (Lipinski definition) is 5. The van der Waals surface area contributed by atoms with Crippen molar-refractivity contribution in [3.63, 3.8) is 0 Å². The fraction of sp³-hybridized carbons (Fsp3) is 0.143. The summed E-state index contributed by atoms with van der Waals surface area (Å²) in [5, 5.41) is 3.14. The molecule has 2 heterocycles.